The summed E-state index contributed by atoms with van der Waals surface area (Å²) in [6.45, 7) is 4.51. The second-order valence-electron chi connectivity index (χ2n) is 6.02. The summed E-state index contributed by atoms with van der Waals surface area (Å²) < 4.78 is 44.1. The molecule has 1 amide bonds. The van der Waals surface area contributed by atoms with Crippen molar-refractivity contribution in [2.45, 2.75) is 26.4 Å². The summed E-state index contributed by atoms with van der Waals surface area (Å²) in [4.78, 5) is 15.5. The Morgan fingerprint density at radius 1 is 1.15 bits per heavy atom. The summed E-state index contributed by atoms with van der Waals surface area (Å²) in [6, 6.07) is 7.88. The molecule has 0 aliphatic heterocycles. The fourth-order valence-corrected chi connectivity index (χ4v) is 2.31. The summed E-state index contributed by atoms with van der Waals surface area (Å²) in [7, 11) is 0. The Labute approximate surface area is 155 Å². The molecule has 0 radical (unpaired) electrons. The average Bonchev–Trinajstić information content (AvgIpc) is 2.61. The SMILES string of the molecule is Cc1ccc(OCCC(=O)NCCNc2ncccc2C(F)(F)F)cc1C. The van der Waals surface area contributed by atoms with Crippen LogP contribution >= 0.6 is 0 Å². The zero-order valence-electron chi connectivity index (χ0n) is 15.2. The number of hydrogen-bond donors (Lipinski definition) is 2. The Morgan fingerprint density at radius 2 is 1.93 bits per heavy atom. The van der Waals surface area contributed by atoms with Gasteiger partial charge in [0.1, 0.15) is 11.6 Å². The van der Waals surface area contributed by atoms with E-state index in [0.717, 1.165) is 17.2 Å². The topological polar surface area (TPSA) is 63.2 Å². The van der Waals surface area contributed by atoms with Crippen LogP contribution in [0.4, 0.5) is 19.0 Å². The van der Waals surface area contributed by atoms with Crippen LogP contribution < -0.4 is 15.4 Å². The number of hydrogen-bond acceptors (Lipinski definition) is 4. The summed E-state index contributed by atoms with van der Waals surface area (Å²) in [5.41, 5.74) is 1.43. The van der Waals surface area contributed by atoms with Crippen LogP contribution in [0.25, 0.3) is 0 Å². The minimum atomic E-state index is -4.48. The monoisotopic (exact) mass is 381 g/mol. The van der Waals surface area contributed by atoms with Crippen LogP contribution in [0.5, 0.6) is 5.75 Å². The molecular formula is C19H22F3N3O2. The highest BCUT2D eigenvalue weighted by Crippen LogP contribution is 2.33. The minimum Gasteiger partial charge on any atom is -0.493 e. The number of halogens is 3. The molecule has 27 heavy (non-hydrogen) atoms. The number of pyridine rings is 1. The van der Waals surface area contributed by atoms with Gasteiger partial charge >= 0.3 is 6.18 Å². The summed E-state index contributed by atoms with van der Waals surface area (Å²) >= 11 is 0. The molecule has 2 rings (SSSR count). The molecule has 0 atom stereocenters. The van der Waals surface area contributed by atoms with Crippen LogP contribution in [0.3, 0.4) is 0 Å². The van der Waals surface area contributed by atoms with Gasteiger partial charge in [0.05, 0.1) is 18.6 Å². The van der Waals surface area contributed by atoms with E-state index < -0.39 is 11.7 Å². The third-order valence-corrected chi connectivity index (χ3v) is 3.93. The van der Waals surface area contributed by atoms with Crippen LogP contribution in [0.1, 0.15) is 23.1 Å². The lowest BCUT2D eigenvalue weighted by Crippen LogP contribution is -2.30. The fraction of sp³-hybridized carbons (Fsp3) is 0.368. The van der Waals surface area contributed by atoms with Crippen LogP contribution in [0.2, 0.25) is 0 Å². The van der Waals surface area contributed by atoms with Crippen molar-refractivity contribution < 1.29 is 22.7 Å². The van der Waals surface area contributed by atoms with Crippen molar-refractivity contribution in [1.29, 1.82) is 0 Å². The molecule has 0 aliphatic rings. The highest BCUT2D eigenvalue weighted by atomic mass is 19.4. The lowest BCUT2D eigenvalue weighted by atomic mass is 10.1. The van der Waals surface area contributed by atoms with Crippen molar-refractivity contribution in [2.24, 2.45) is 0 Å². The average molecular weight is 381 g/mol. The number of benzene rings is 1. The predicted octanol–water partition coefficient (Wildman–Crippen LogP) is 3.71. The van der Waals surface area contributed by atoms with Crippen molar-refractivity contribution in [3.63, 3.8) is 0 Å². The first-order valence-electron chi connectivity index (χ1n) is 8.50. The van der Waals surface area contributed by atoms with E-state index in [9.17, 15) is 18.0 Å². The highest BCUT2D eigenvalue weighted by molar-refractivity contribution is 5.76. The Bertz CT molecular complexity index is 779. The van der Waals surface area contributed by atoms with Gasteiger partial charge in [0.15, 0.2) is 0 Å². The number of carbonyl (C=O) groups is 1. The Kier molecular flexibility index (Phi) is 7.04. The predicted molar refractivity (Wildman–Crippen MR) is 96.8 cm³/mol. The van der Waals surface area contributed by atoms with Crippen molar-refractivity contribution in [2.75, 3.05) is 25.0 Å². The number of anilines is 1. The summed E-state index contributed by atoms with van der Waals surface area (Å²) in [5.74, 6) is 0.206. The molecule has 0 saturated heterocycles. The molecule has 1 heterocycles. The molecule has 0 aliphatic carbocycles. The smallest absolute Gasteiger partial charge is 0.419 e. The molecular weight excluding hydrogens is 359 g/mol. The van der Waals surface area contributed by atoms with Crippen LogP contribution in [0.15, 0.2) is 36.5 Å². The van der Waals surface area contributed by atoms with Crippen LogP contribution in [-0.2, 0) is 11.0 Å². The molecule has 8 heteroatoms. The molecule has 1 aromatic heterocycles. The molecule has 1 aromatic carbocycles. The molecule has 0 bridgehead atoms. The van der Waals surface area contributed by atoms with E-state index in [4.69, 9.17) is 4.74 Å². The number of aryl methyl sites for hydroxylation is 2. The number of aromatic nitrogens is 1. The Morgan fingerprint density at radius 3 is 2.63 bits per heavy atom. The Balaban J connectivity index is 1.69. The maximum absolute atomic E-state index is 12.8. The summed E-state index contributed by atoms with van der Waals surface area (Å²) in [5, 5.41) is 5.22. The molecule has 0 fully saturated rings. The van der Waals surface area contributed by atoms with E-state index in [2.05, 4.69) is 15.6 Å². The number of rotatable bonds is 8. The number of nitrogens with one attached hydrogen (secondary N) is 2. The van der Waals surface area contributed by atoms with Gasteiger partial charge in [-0.1, -0.05) is 6.07 Å². The minimum absolute atomic E-state index is 0.129. The van der Waals surface area contributed by atoms with Crippen molar-refractivity contribution in [3.8, 4) is 5.75 Å². The molecule has 0 unspecified atom stereocenters. The van der Waals surface area contributed by atoms with Gasteiger partial charge in [0.2, 0.25) is 5.91 Å². The second kappa shape index (κ2) is 9.25. The molecule has 5 nitrogen and oxygen atoms in total. The van der Waals surface area contributed by atoms with E-state index in [-0.39, 0.29) is 37.8 Å². The van der Waals surface area contributed by atoms with Gasteiger partial charge in [-0.25, -0.2) is 4.98 Å². The highest BCUT2D eigenvalue weighted by Gasteiger charge is 2.33. The Hall–Kier alpha value is -2.77. The second-order valence-corrected chi connectivity index (χ2v) is 6.02. The number of alkyl halides is 3. The molecule has 2 aromatic rings. The van der Waals surface area contributed by atoms with Crippen molar-refractivity contribution in [3.05, 3.63) is 53.2 Å². The third-order valence-electron chi connectivity index (χ3n) is 3.93. The van der Waals surface area contributed by atoms with Gasteiger partial charge in [-0.3, -0.25) is 4.79 Å². The number of nitrogens with zero attached hydrogens (tertiary/aromatic N) is 1. The molecule has 2 N–H and O–H groups in total. The van der Waals surface area contributed by atoms with Gasteiger partial charge in [-0.2, -0.15) is 13.2 Å². The normalized spacial score (nSPS) is 11.1. The largest absolute Gasteiger partial charge is 0.493 e. The van der Waals surface area contributed by atoms with Crippen LogP contribution in [0, 0.1) is 13.8 Å². The lowest BCUT2D eigenvalue weighted by molar-refractivity contribution is -0.137. The van der Waals surface area contributed by atoms with Crippen LogP contribution in [-0.4, -0.2) is 30.6 Å². The first-order chi connectivity index (χ1) is 12.8. The fourth-order valence-electron chi connectivity index (χ4n) is 2.31. The van der Waals surface area contributed by atoms with E-state index in [1.165, 1.54) is 12.3 Å². The first kappa shape index (κ1) is 20.5. The zero-order valence-corrected chi connectivity index (χ0v) is 15.2. The maximum Gasteiger partial charge on any atom is 0.419 e. The number of carbonyl (C=O) groups excluding carboxylic acids is 1. The number of ether oxygens (including phenoxy) is 1. The van der Waals surface area contributed by atoms with E-state index in [1.807, 2.05) is 32.0 Å². The van der Waals surface area contributed by atoms with Gasteiger partial charge in [0.25, 0.3) is 0 Å². The van der Waals surface area contributed by atoms with Gasteiger partial charge in [-0.15, -0.1) is 0 Å². The molecule has 0 spiro atoms. The zero-order chi connectivity index (χ0) is 19.9. The van der Waals surface area contributed by atoms with Gasteiger partial charge in [0, 0.05) is 19.3 Å². The lowest BCUT2D eigenvalue weighted by Gasteiger charge is -2.13. The maximum atomic E-state index is 12.8. The van der Waals surface area contributed by atoms with E-state index in [1.54, 1.807) is 0 Å². The standard InChI is InChI=1S/C19H22F3N3O2/c1-13-5-6-15(12-14(13)2)27-11-7-17(26)23-9-10-25-18-16(19(20,21)22)4-3-8-24-18/h3-6,8,12H,7,9-11H2,1-2H3,(H,23,26)(H,24,25). The van der Waals surface area contributed by atoms with Crippen molar-refractivity contribution >= 4 is 11.7 Å². The van der Waals surface area contributed by atoms with E-state index in [0.29, 0.717) is 5.75 Å². The molecule has 146 valence electrons. The van der Waals surface area contributed by atoms with E-state index >= 15 is 0 Å². The van der Waals surface area contributed by atoms with Gasteiger partial charge < -0.3 is 15.4 Å². The van der Waals surface area contributed by atoms with Crippen molar-refractivity contribution in [1.82, 2.24) is 10.3 Å². The summed E-state index contributed by atoms with van der Waals surface area (Å²) in [6.07, 6.45) is -3.05. The first-order valence-corrected chi connectivity index (χ1v) is 8.50. The number of amides is 1. The third kappa shape index (κ3) is 6.47. The van der Waals surface area contributed by atoms with Gasteiger partial charge in [-0.05, 0) is 49.2 Å². The quantitative estimate of drug-likeness (QED) is 0.685. The molecule has 0 saturated carbocycles.